The quantitative estimate of drug-likeness (QED) is 0.378. The minimum atomic E-state index is -4.32. The van der Waals surface area contributed by atoms with Crippen LogP contribution in [0, 0.1) is 18.7 Å². The van der Waals surface area contributed by atoms with Crippen LogP contribution >= 0.6 is 0 Å². The first-order valence-electron chi connectivity index (χ1n) is 13.0. The number of aryl methyl sites for hydroxylation is 1. The molecule has 0 bridgehead atoms. The third-order valence-electron chi connectivity index (χ3n) is 4.80. The van der Waals surface area contributed by atoms with Crippen LogP contribution in [-0.4, -0.2) is 30.5 Å². The van der Waals surface area contributed by atoms with E-state index in [1.807, 2.05) is 0 Å². The Kier molecular flexibility index (Phi) is 4.48. The topological polar surface area (TPSA) is 99.3 Å². The number of carbonyl (C=O) groups is 1. The number of aromatic amines is 1. The van der Waals surface area contributed by atoms with E-state index in [0.29, 0.717) is 5.56 Å². The molecule has 7 heteroatoms. The van der Waals surface area contributed by atoms with Crippen molar-refractivity contribution in [3.8, 4) is 11.8 Å². The van der Waals surface area contributed by atoms with Crippen LogP contribution in [0.1, 0.15) is 30.5 Å². The zero-order valence-corrected chi connectivity index (χ0v) is 18.0. The average Bonchev–Trinajstić information content (AvgIpc) is 3.25. The number of H-pyrrole nitrogens is 1. The van der Waals surface area contributed by atoms with E-state index in [-0.39, 0.29) is 34.4 Å². The second-order valence-electron chi connectivity index (χ2n) is 7.17. The summed E-state index contributed by atoms with van der Waals surface area (Å²) in [5.41, 5.74) is 2.01. The van der Waals surface area contributed by atoms with Crippen LogP contribution in [0.2, 0.25) is 0 Å². The summed E-state index contributed by atoms with van der Waals surface area (Å²) in [5, 5.41) is 9.68. The van der Waals surface area contributed by atoms with Crippen molar-refractivity contribution in [2.75, 3.05) is 0 Å². The van der Waals surface area contributed by atoms with Gasteiger partial charge >= 0.3 is 5.97 Å². The van der Waals surface area contributed by atoms with Gasteiger partial charge in [-0.15, -0.1) is 0 Å². The van der Waals surface area contributed by atoms with Crippen LogP contribution in [0.15, 0.2) is 83.8 Å². The summed E-state index contributed by atoms with van der Waals surface area (Å²) in [6.45, 7) is 0.169. The molecule has 0 fully saturated rings. The second-order valence-corrected chi connectivity index (χ2v) is 8.88. The Morgan fingerprint density at radius 2 is 1.73 bits per heavy atom. The molecule has 3 aromatic carbocycles. The molecule has 0 spiro atoms. The van der Waals surface area contributed by atoms with E-state index in [0.717, 1.165) is 11.1 Å². The molecule has 0 saturated carbocycles. The minimum Gasteiger partial charge on any atom is -0.480 e. The largest absolute Gasteiger partial charge is 0.480 e. The van der Waals surface area contributed by atoms with Gasteiger partial charge < -0.3 is 10.1 Å². The molecule has 3 N–H and O–H groups in total. The predicted octanol–water partition coefficient (Wildman–Crippen LogP) is 3.85. The number of aliphatic carboxylic acids is 1. The number of hydrogen-bond acceptors (Lipinski definition) is 3. The first kappa shape index (κ1) is 15.9. The molecule has 0 aliphatic heterocycles. The number of hydrogen-bond donors (Lipinski definition) is 3. The number of rotatable bonds is 6. The van der Waals surface area contributed by atoms with Crippen molar-refractivity contribution in [2.24, 2.45) is 0 Å². The van der Waals surface area contributed by atoms with Crippen molar-refractivity contribution in [1.29, 1.82) is 0 Å². The zero-order chi connectivity index (χ0) is 28.5. The van der Waals surface area contributed by atoms with Gasteiger partial charge in [-0.1, -0.05) is 47.7 Å². The molecule has 0 amide bonds. The summed E-state index contributed by atoms with van der Waals surface area (Å²) in [6, 6.07) is 9.05. The molecule has 0 saturated heterocycles. The molecule has 0 aliphatic rings. The van der Waals surface area contributed by atoms with E-state index in [1.165, 1.54) is 24.3 Å². The van der Waals surface area contributed by atoms with Crippen LogP contribution in [0.4, 0.5) is 0 Å². The summed E-state index contributed by atoms with van der Waals surface area (Å²) in [4.78, 5) is 14.3. The molecule has 4 rings (SSSR count). The second kappa shape index (κ2) is 9.33. The number of aromatic nitrogens is 1. The van der Waals surface area contributed by atoms with E-state index in [1.54, 1.807) is 24.3 Å². The molecule has 1 atom stereocenters. The zero-order valence-electron chi connectivity index (χ0n) is 23.2. The third-order valence-corrected chi connectivity index (χ3v) is 6.29. The van der Waals surface area contributed by atoms with Crippen molar-refractivity contribution in [1.82, 2.24) is 9.71 Å². The summed E-state index contributed by atoms with van der Waals surface area (Å²) in [5.74, 6) is 4.34. The molecule has 1 heterocycles. The van der Waals surface area contributed by atoms with E-state index in [4.69, 9.17) is 8.22 Å². The lowest BCUT2D eigenvalue weighted by atomic mass is 10.1. The highest BCUT2D eigenvalue weighted by Gasteiger charge is 2.26. The lowest BCUT2D eigenvalue weighted by Gasteiger charge is -2.14. The Labute approximate surface area is 200 Å². The summed E-state index contributed by atoms with van der Waals surface area (Å²) >= 11 is 0. The van der Waals surface area contributed by atoms with Crippen molar-refractivity contribution in [3.05, 3.63) is 101 Å². The summed E-state index contributed by atoms with van der Waals surface area (Å²) < 4.78 is 75.5. The number of sulfonamides is 1. The smallest absolute Gasteiger partial charge is 0.322 e. The fourth-order valence-electron chi connectivity index (χ4n) is 3.07. The highest BCUT2D eigenvalue weighted by molar-refractivity contribution is 7.89. The highest BCUT2D eigenvalue weighted by Crippen LogP contribution is 2.20. The number of carboxylic acids is 1. The van der Waals surface area contributed by atoms with Crippen molar-refractivity contribution >= 4 is 26.9 Å². The van der Waals surface area contributed by atoms with Gasteiger partial charge in [0, 0.05) is 36.0 Å². The van der Waals surface area contributed by atoms with Crippen LogP contribution < -0.4 is 4.72 Å². The van der Waals surface area contributed by atoms with Crippen molar-refractivity contribution in [2.45, 2.75) is 24.3 Å². The van der Waals surface area contributed by atoms with Crippen LogP contribution in [0.25, 0.3) is 10.9 Å². The number of benzene rings is 3. The standard InChI is InChI=1S/C26H22N2O4S/c1-18-6-8-19(9-7-18)10-11-20-12-14-22(15-13-20)33(31,32)28-25(26(29)30)16-21-17-27-24-5-3-2-4-23(21)24/h2-9,12-15,17,25,27-28H,16H2,1H3,(H,29,30)/t25-/m1/s1/i1D,2D,3D,4D,5D,17D. The first-order chi connectivity index (χ1) is 18.4. The van der Waals surface area contributed by atoms with Crippen molar-refractivity contribution < 1.29 is 26.5 Å². The van der Waals surface area contributed by atoms with E-state index in [9.17, 15) is 18.3 Å². The Morgan fingerprint density at radius 1 is 1.09 bits per heavy atom. The van der Waals surface area contributed by atoms with E-state index in [2.05, 4.69) is 21.5 Å². The van der Waals surface area contributed by atoms with Gasteiger partial charge in [0.1, 0.15) is 6.04 Å². The Morgan fingerprint density at radius 3 is 2.36 bits per heavy atom. The van der Waals surface area contributed by atoms with Gasteiger partial charge in [-0.3, -0.25) is 4.79 Å². The molecule has 4 aromatic rings. The van der Waals surface area contributed by atoms with Gasteiger partial charge in [-0.05, 0) is 54.9 Å². The molecule has 33 heavy (non-hydrogen) atoms. The maximum absolute atomic E-state index is 13.0. The number of fused-ring (bicyclic) bond motifs is 1. The molecule has 1 aromatic heterocycles. The van der Waals surface area contributed by atoms with Crippen molar-refractivity contribution in [3.63, 3.8) is 0 Å². The molecule has 166 valence electrons. The third kappa shape index (κ3) is 5.32. The van der Waals surface area contributed by atoms with Gasteiger partial charge in [-0.2, -0.15) is 4.72 Å². The molecular formula is C26H22N2O4S. The normalized spacial score (nSPS) is 14.7. The van der Waals surface area contributed by atoms with Crippen LogP contribution in [0.3, 0.4) is 0 Å². The van der Waals surface area contributed by atoms with E-state index < -0.39 is 52.6 Å². The molecular weight excluding hydrogens is 436 g/mol. The van der Waals surface area contributed by atoms with Gasteiger partial charge in [0.25, 0.3) is 0 Å². The monoisotopic (exact) mass is 464 g/mol. The predicted molar refractivity (Wildman–Crippen MR) is 127 cm³/mol. The van der Waals surface area contributed by atoms with Crippen LogP contribution in [0.5, 0.6) is 0 Å². The average molecular weight is 465 g/mol. The van der Waals surface area contributed by atoms with Gasteiger partial charge in [0.05, 0.1) is 11.7 Å². The fraction of sp³-hybridized carbons (Fsp3) is 0.115. The highest BCUT2D eigenvalue weighted by atomic mass is 32.2. The number of carboxylic acid groups (broad SMARTS) is 1. The minimum absolute atomic E-state index is 0.0477. The van der Waals surface area contributed by atoms with Gasteiger partial charge in [0.15, 0.2) is 0 Å². The maximum Gasteiger partial charge on any atom is 0.322 e. The number of para-hydroxylation sites is 1. The van der Waals surface area contributed by atoms with Gasteiger partial charge in [0.2, 0.25) is 10.0 Å². The Bertz CT molecular complexity index is 1740. The Hall–Kier alpha value is -3.86. The Balaban J connectivity index is 1.58. The summed E-state index contributed by atoms with van der Waals surface area (Å²) in [6.07, 6.45) is -0.863. The lowest BCUT2D eigenvalue weighted by Crippen LogP contribution is -2.42. The SMILES string of the molecule is [2H]Cc1ccc(C#Cc2ccc(S(=O)(=O)N[C@H](Cc3c([2H])[nH]c4c([2H])c([2H])c([2H])c([2H])c34)C(=O)O)cc2)cc1. The first-order valence-corrected chi connectivity index (χ1v) is 11.2. The maximum atomic E-state index is 13.0. The van der Waals surface area contributed by atoms with Gasteiger partial charge in [-0.25, -0.2) is 8.42 Å². The molecule has 0 aliphatic carbocycles. The summed E-state index contributed by atoms with van der Waals surface area (Å²) in [7, 11) is -4.32. The lowest BCUT2D eigenvalue weighted by molar-refractivity contribution is -0.138. The van der Waals surface area contributed by atoms with Crippen LogP contribution in [-0.2, 0) is 21.2 Å². The molecule has 6 nitrogen and oxygen atoms in total. The molecule has 0 radical (unpaired) electrons. The molecule has 0 unspecified atom stereocenters. The van der Waals surface area contributed by atoms with E-state index >= 15 is 0 Å². The number of nitrogens with one attached hydrogen (secondary N) is 2. The fourth-order valence-corrected chi connectivity index (χ4v) is 4.26.